The van der Waals surface area contributed by atoms with Crippen LogP contribution in [0.25, 0.3) is 0 Å². The van der Waals surface area contributed by atoms with Crippen molar-refractivity contribution < 1.29 is 4.79 Å². The van der Waals surface area contributed by atoms with Gasteiger partial charge in [0.1, 0.15) is 5.56 Å². The van der Waals surface area contributed by atoms with Gasteiger partial charge in [-0.3, -0.25) is 9.89 Å². The van der Waals surface area contributed by atoms with Crippen LogP contribution in [0.15, 0.2) is 0 Å². The van der Waals surface area contributed by atoms with Gasteiger partial charge in [0.2, 0.25) is 0 Å². The van der Waals surface area contributed by atoms with Crippen LogP contribution in [0.3, 0.4) is 0 Å². The number of aryl methyl sites for hydroxylation is 1. The van der Waals surface area contributed by atoms with Gasteiger partial charge in [0.15, 0.2) is 5.82 Å². The number of nitrogens with zero attached hydrogens (tertiary/aromatic N) is 3. The lowest BCUT2D eigenvalue weighted by atomic mass is 10.2. The quantitative estimate of drug-likeness (QED) is 0.783. The molecule has 0 radical (unpaired) electrons. The number of hydrogen-bond donors (Lipinski definition) is 2. The number of nitrogens with two attached hydrogens (primary N) is 1. The Bertz CT molecular complexity index is 380. The van der Waals surface area contributed by atoms with Gasteiger partial charge in [0.05, 0.1) is 0 Å². The smallest absolute Gasteiger partial charge is 0.259 e. The Morgan fingerprint density at radius 1 is 1.39 bits per heavy atom. The van der Waals surface area contributed by atoms with Gasteiger partial charge in [-0.05, 0) is 40.9 Å². The fraction of sp³-hybridized carbons (Fsp3) is 0.667. The van der Waals surface area contributed by atoms with E-state index in [1.807, 2.05) is 27.9 Å². The topological polar surface area (TPSA) is 78.2 Å². The summed E-state index contributed by atoms with van der Waals surface area (Å²) < 4.78 is 0. The zero-order chi connectivity index (χ0) is 13.7. The zero-order valence-corrected chi connectivity index (χ0v) is 11.7. The highest BCUT2D eigenvalue weighted by Gasteiger charge is 2.21. The van der Waals surface area contributed by atoms with E-state index in [1.54, 1.807) is 4.90 Å². The van der Waals surface area contributed by atoms with Crippen molar-refractivity contribution in [3.05, 3.63) is 11.3 Å². The van der Waals surface area contributed by atoms with Gasteiger partial charge in [-0.2, -0.15) is 5.10 Å². The molecule has 1 amide bonds. The molecule has 18 heavy (non-hydrogen) atoms. The van der Waals surface area contributed by atoms with Gasteiger partial charge in [0, 0.05) is 18.8 Å². The highest BCUT2D eigenvalue weighted by molar-refractivity contribution is 5.99. The number of nitrogen functional groups attached to an aromatic ring is 1. The summed E-state index contributed by atoms with van der Waals surface area (Å²) in [5.41, 5.74) is 6.94. The molecule has 0 aromatic carbocycles. The molecule has 0 aliphatic carbocycles. The van der Waals surface area contributed by atoms with Crippen LogP contribution in [0.5, 0.6) is 0 Å². The lowest BCUT2D eigenvalue weighted by molar-refractivity contribution is 0.0759. The first-order chi connectivity index (χ1) is 8.47. The van der Waals surface area contributed by atoms with Crippen LogP contribution in [0.4, 0.5) is 5.82 Å². The van der Waals surface area contributed by atoms with E-state index < -0.39 is 0 Å². The Morgan fingerprint density at radius 3 is 2.50 bits per heavy atom. The minimum absolute atomic E-state index is 0.0417. The lowest BCUT2D eigenvalue weighted by Gasteiger charge is -2.21. The third-order valence-electron chi connectivity index (χ3n) is 2.89. The normalized spacial score (nSPS) is 10.9. The molecular weight excluding hydrogens is 230 g/mol. The minimum Gasteiger partial charge on any atom is -0.382 e. The first-order valence-corrected chi connectivity index (χ1v) is 6.21. The largest absolute Gasteiger partial charge is 0.382 e. The monoisotopic (exact) mass is 253 g/mol. The van der Waals surface area contributed by atoms with Crippen LogP contribution in [0, 0.1) is 6.92 Å². The molecule has 6 nitrogen and oxygen atoms in total. The predicted molar refractivity (Wildman–Crippen MR) is 72.5 cm³/mol. The van der Waals surface area contributed by atoms with Gasteiger partial charge in [-0.1, -0.05) is 0 Å². The Balaban J connectivity index is 2.68. The van der Waals surface area contributed by atoms with Crippen LogP contribution in [0.2, 0.25) is 0 Å². The Labute approximate surface area is 108 Å². The summed E-state index contributed by atoms with van der Waals surface area (Å²) in [7, 11) is 4.05. The van der Waals surface area contributed by atoms with Crippen LogP contribution in [-0.2, 0) is 0 Å². The summed E-state index contributed by atoms with van der Waals surface area (Å²) in [5, 5.41) is 6.60. The van der Waals surface area contributed by atoms with Crippen molar-refractivity contribution in [1.82, 2.24) is 20.0 Å². The third-order valence-corrected chi connectivity index (χ3v) is 2.89. The van der Waals surface area contributed by atoms with Crippen molar-refractivity contribution in [3.8, 4) is 0 Å². The Morgan fingerprint density at radius 2 is 2.06 bits per heavy atom. The minimum atomic E-state index is -0.0417. The van der Waals surface area contributed by atoms with E-state index in [-0.39, 0.29) is 11.7 Å². The maximum Gasteiger partial charge on any atom is 0.259 e. The van der Waals surface area contributed by atoms with Crippen LogP contribution in [0.1, 0.15) is 29.4 Å². The van der Waals surface area contributed by atoms with E-state index in [0.717, 1.165) is 25.2 Å². The second-order valence-electron chi connectivity index (χ2n) is 4.65. The number of H-pyrrole nitrogens is 1. The van der Waals surface area contributed by atoms with E-state index >= 15 is 0 Å². The van der Waals surface area contributed by atoms with Crippen LogP contribution in [-0.4, -0.2) is 59.6 Å². The summed E-state index contributed by atoms with van der Waals surface area (Å²) in [5.74, 6) is 0.239. The number of carbonyl (C=O) groups is 1. The van der Waals surface area contributed by atoms with Gasteiger partial charge < -0.3 is 15.5 Å². The average Bonchev–Trinajstić information content (AvgIpc) is 2.63. The van der Waals surface area contributed by atoms with Gasteiger partial charge in [-0.15, -0.1) is 0 Å². The van der Waals surface area contributed by atoms with Crippen molar-refractivity contribution in [2.24, 2.45) is 0 Å². The van der Waals surface area contributed by atoms with Crippen molar-refractivity contribution in [3.63, 3.8) is 0 Å². The molecule has 0 atom stereocenters. The van der Waals surface area contributed by atoms with E-state index in [2.05, 4.69) is 15.1 Å². The molecule has 0 saturated carbocycles. The SMILES string of the molecule is CCN(CCCN(C)C)C(=O)c1c(N)n[nH]c1C. The molecule has 1 aromatic rings. The number of aromatic amines is 1. The van der Waals surface area contributed by atoms with E-state index in [4.69, 9.17) is 5.73 Å². The number of hydrogen-bond acceptors (Lipinski definition) is 4. The summed E-state index contributed by atoms with van der Waals surface area (Å²) in [6.07, 6.45) is 0.948. The maximum absolute atomic E-state index is 12.3. The molecule has 1 heterocycles. The number of aromatic nitrogens is 2. The second kappa shape index (κ2) is 6.39. The lowest BCUT2D eigenvalue weighted by Crippen LogP contribution is -2.33. The maximum atomic E-state index is 12.3. The molecule has 3 N–H and O–H groups in total. The first kappa shape index (κ1) is 14.5. The summed E-state index contributed by atoms with van der Waals surface area (Å²) in [4.78, 5) is 16.2. The zero-order valence-electron chi connectivity index (χ0n) is 11.7. The van der Waals surface area contributed by atoms with Crippen LogP contribution >= 0.6 is 0 Å². The fourth-order valence-electron chi connectivity index (χ4n) is 1.86. The highest BCUT2D eigenvalue weighted by atomic mass is 16.2. The molecule has 6 heteroatoms. The molecule has 0 aliphatic heterocycles. The number of carbonyl (C=O) groups excluding carboxylic acids is 1. The Hall–Kier alpha value is -1.56. The van der Waals surface area contributed by atoms with Gasteiger partial charge >= 0.3 is 0 Å². The molecule has 0 unspecified atom stereocenters. The van der Waals surface area contributed by atoms with Gasteiger partial charge in [-0.25, -0.2) is 0 Å². The number of nitrogens with one attached hydrogen (secondary N) is 1. The van der Waals surface area contributed by atoms with Crippen molar-refractivity contribution in [1.29, 1.82) is 0 Å². The number of rotatable bonds is 6. The molecule has 0 bridgehead atoms. The molecule has 1 rings (SSSR count). The second-order valence-corrected chi connectivity index (χ2v) is 4.65. The molecule has 1 aromatic heterocycles. The third kappa shape index (κ3) is 3.46. The number of amides is 1. The Kier molecular flexibility index (Phi) is 5.15. The fourth-order valence-corrected chi connectivity index (χ4v) is 1.86. The summed E-state index contributed by atoms with van der Waals surface area (Å²) >= 11 is 0. The molecule has 0 aliphatic rings. The van der Waals surface area contributed by atoms with E-state index in [1.165, 1.54) is 0 Å². The first-order valence-electron chi connectivity index (χ1n) is 6.21. The van der Waals surface area contributed by atoms with Gasteiger partial charge in [0.25, 0.3) is 5.91 Å². The summed E-state index contributed by atoms with van der Waals surface area (Å²) in [6, 6.07) is 0. The van der Waals surface area contributed by atoms with Crippen LogP contribution < -0.4 is 5.73 Å². The van der Waals surface area contributed by atoms with Crippen molar-refractivity contribution in [2.75, 3.05) is 39.5 Å². The molecule has 0 saturated heterocycles. The average molecular weight is 253 g/mol. The molecule has 102 valence electrons. The highest BCUT2D eigenvalue weighted by Crippen LogP contribution is 2.15. The molecule has 0 fully saturated rings. The van der Waals surface area contributed by atoms with Crippen molar-refractivity contribution in [2.45, 2.75) is 20.3 Å². The van der Waals surface area contributed by atoms with Crippen molar-refractivity contribution >= 4 is 11.7 Å². The van der Waals surface area contributed by atoms with E-state index in [9.17, 15) is 4.79 Å². The van der Waals surface area contributed by atoms with E-state index in [0.29, 0.717) is 12.1 Å². The predicted octanol–water partition coefficient (Wildman–Crippen LogP) is 0.714. The standard InChI is InChI=1S/C12H23N5O/c1-5-17(8-6-7-16(3)4)12(18)10-9(2)14-15-11(10)13/h5-8H2,1-4H3,(H3,13,14,15). The molecular formula is C12H23N5O. The summed E-state index contributed by atoms with van der Waals surface area (Å²) in [6.45, 7) is 6.15. The number of anilines is 1. The molecule has 0 spiro atoms.